The van der Waals surface area contributed by atoms with Gasteiger partial charge in [0.25, 0.3) is 0 Å². The maximum absolute atomic E-state index is 14.7. The van der Waals surface area contributed by atoms with E-state index in [2.05, 4.69) is 47.9 Å². The van der Waals surface area contributed by atoms with E-state index in [4.69, 9.17) is 29.8 Å². The first-order chi connectivity index (χ1) is 37.6. The Bertz CT molecular complexity index is 2500. The fraction of sp³-hybridized carbons (Fsp3) is 0.574. The number of guanidine groups is 2. The topological polar surface area (TPSA) is 501 Å². The molecule has 32 nitrogen and oxygen atoms in total. The molecule has 5 heterocycles. The van der Waals surface area contributed by atoms with E-state index in [1.165, 1.54) is 43.3 Å². The van der Waals surface area contributed by atoms with Crippen molar-refractivity contribution in [2.45, 2.75) is 129 Å². The average molecular weight is 1120 g/mol. The van der Waals surface area contributed by atoms with Gasteiger partial charge in [-0.15, -0.1) is 0 Å². The minimum atomic E-state index is -2.07. The van der Waals surface area contributed by atoms with E-state index in [-0.39, 0.29) is 42.0 Å². The van der Waals surface area contributed by atoms with Gasteiger partial charge in [0.2, 0.25) is 41.7 Å². The number of amides is 6. The molecular formula is C47H66N12O20. The minimum absolute atomic E-state index is 0.0319. The van der Waals surface area contributed by atoms with Crippen LogP contribution in [0.3, 0.4) is 0 Å². The number of aliphatic hydroxyl groups is 10. The first-order valence-electron chi connectivity index (χ1n) is 25.0. The molecule has 5 aliphatic rings. The molecule has 434 valence electrons. The molecule has 6 amide bonds. The number of ether oxygens (including phenoxy) is 4. The molecule has 0 aromatic heterocycles. The van der Waals surface area contributed by atoms with Crippen LogP contribution < -0.4 is 57.5 Å². The van der Waals surface area contributed by atoms with Gasteiger partial charge in [0.15, 0.2) is 18.2 Å². The number of hydrogen-bond donors (Lipinski definition) is 21. The van der Waals surface area contributed by atoms with Gasteiger partial charge in [0.1, 0.15) is 97.0 Å². The first-order valence-corrected chi connectivity index (χ1v) is 25.0. The molecule has 0 bridgehead atoms. The van der Waals surface area contributed by atoms with Crippen molar-refractivity contribution < 1.29 is 98.8 Å². The van der Waals surface area contributed by atoms with Crippen LogP contribution in [-0.4, -0.2) is 254 Å². The molecule has 21 N–H and O–H groups in total. The number of carbonyl (C=O) groups is 6. The molecule has 0 radical (unpaired) electrons. The third kappa shape index (κ3) is 13.9. The van der Waals surface area contributed by atoms with Crippen LogP contribution in [0, 0.1) is 10.8 Å². The van der Waals surface area contributed by atoms with Crippen molar-refractivity contribution in [3.05, 3.63) is 60.2 Å². The summed E-state index contributed by atoms with van der Waals surface area (Å²) in [7, 11) is 0. The van der Waals surface area contributed by atoms with Crippen LogP contribution in [0.2, 0.25) is 0 Å². The van der Waals surface area contributed by atoms with Crippen LogP contribution in [0.15, 0.2) is 54.6 Å². The van der Waals surface area contributed by atoms with Crippen molar-refractivity contribution in [2.24, 2.45) is 0 Å². The minimum Gasteiger partial charge on any atom is -0.462 e. The fourth-order valence-corrected chi connectivity index (χ4v) is 9.33. The summed E-state index contributed by atoms with van der Waals surface area (Å²) in [4.78, 5) is 86.3. The van der Waals surface area contributed by atoms with Crippen molar-refractivity contribution in [3.63, 3.8) is 0 Å². The van der Waals surface area contributed by atoms with Gasteiger partial charge in [-0.2, -0.15) is 0 Å². The summed E-state index contributed by atoms with van der Waals surface area (Å²) in [6.45, 7) is -2.49. The van der Waals surface area contributed by atoms with Crippen molar-refractivity contribution in [1.29, 1.82) is 10.8 Å². The summed E-state index contributed by atoms with van der Waals surface area (Å²) in [5.74, 6) is -7.18. The second kappa shape index (κ2) is 26.4. The van der Waals surface area contributed by atoms with E-state index in [1.54, 1.807) is 18.2 Å². The molecular weight excluding hydrogens is 1050 g/mol. The Morgan fingerprint density at radius 2 is 1.14 bits per heavy atom. The number of hydrogen-bond acceptors (Lipinski definition) is 22. The predicted octanol–water partition coefficient (Wildman–Crippen LogP) is -10.6. The predicted molar refractivity (Wildman–Crippen MR) is 266 cm³/mol. The number of anilines is 1. The Balaban J connectivity index is 1.17. The number of nitrogens with one attached hydrogen (secondary N) is 11. The molecule has 2 aromatic carbocycles. The van der Waals surface area contributed by atoms with Crippen molar-refractivity contribution >= 4 is 53.0 Å². The van der Waals surface area contributed by atoms with E-state index < -0.39 is 184 Å². The van der Waals surface area contributed by atoms with E-state index in [9.17, 15) is 79.8 Å². The van der Waals surface area contributed by atoms with Gasteiger partial charge in [-0.1, -0.05) is 30.3 Å². The van der Waals surface area contributed by atoms with Crippen LogP contribution in [0.1, 0.15) is 12.5 Å². The smallest absolute Gasteiger partial charge is 0.247 e. The lowest BCUT2D eigenvalue weighted by Gasteiger charge is -2.45. The van der Waals surface area contributed by atoms with Gasteiger partial charge >= 0.3 is 0 Å². The molecule has 19 unspecified atom stereocenters. The standard InChI is InChI=1S/C47H66N12O20/c1-18-39(71)53-22(11-19-7-9-21(10-8-19)76-44-37(70)35(68)38(27(17-62)78-44)79-45-36(69)34(67)33(66)26(16-61)77-45)41(73)57-30(32(65)24-13-52-47(49)56-24)43(75)58-29(31(64)23-12-51-46(48)55-23)42(74)54-25(15-60)40(72)50-14-28(63)59(18)20-5-3-2-4-6-20/h2-10,18,22-27,29-38,44-45,60-62,64-70H,11-17H2,1H3,(H,50,72)(H,53,71)(H,54,74)(H,57,73)(H,58,75)(H3,48,51,55)(H3,49,52,56). The first kappa shape index (κ1) is 59.7. The Kier molecular flexibility index (Phi) is 19.9. The van der Waals surface area contributed by atoms with E-state index >= 15 is 0 Å². The zero-order chi connectivity index (χ0) is 57.4. The number of aliphatic hydroxyl groups excluding tert-OH is 10. The molecule has 2 aromatic rings. The second-order valence-electron chi connectivity index (χ2n) is 19.2. The molecule has 19 atom stereocenters. The third-order valence-electron chi connectivity index (χ3n) is 13.8. The van der Waals surface area contributed by atoms with Crippen LogP contribution in [-0.2, 0) is 49.4 Å². The van der Waals surface area contributed by atoms with Gasteiger partial charge in [0.05, 0.1) is 38.4 Å². The average Bonchev–Trinajstić information content (AvgIpc) is 4.12. The van der Waals surface area contributed by atoms with Crippen LogP contribution >= 0.6 is 0 Å². The monoisotopic (exact) mass is 1120 g/mol. The zero-order valence-electron chi connectivity index (χ0n) is 42.1. The maximum Gasteiger partial charge on any atom is 0.247 e. The van der Waals surface area contributed by atoms with Gasteiger partial charge in [0, 0.05) is 25.2 Å². The zero-order valence-corrected chi connectivity index (χ0v) is 42.1. The maximum atomic E-state index is 14.7. The van der Waals surface area contributed by atoms with Crippen LogP contribution in [0.4, 0.5) is 5.69 Å². The van der Waals surface area contributed by atoms with Crippen LogP contribution in [0.25, 0.3) is 0 Å². The SMILES string of the molecule is CC1C(=O)NC(Cc2ccc(OC3OC(CO)C(OC4OC(CO)C(O)C(O)C4O)C(O)C3O)cc2)C(=O)NC(C(O)C2CNC(=N)N2)C(=O)NC(C(O)C2CNC(=N)N2)C(=O)NC(CO)C(=O)NCC(=O)N1c1ccccc1. The highest BCUT2D eigenvalue weighted by molar-refractivity contribution is 6.04. The highest BCUT2D eigenvalue weighted by Gasteiger charge is 2.51. The summed E-state index contributed by atoms with van der Waals surface area (Å²) >= 11 is 0. The highest BCUT2D eigenvalue weighted by Crippen LogP contribution is 2.31. The van der Waals surface area contributed by atoms with Gasteiger partial charge in [-0.25, -0.2) is 0 Å². The number of nitrogens with zero attached hydrogens (tertiary/aromatic N) is 1. The molecule has 0 spiro atoms. The summed E-state index contributed by atoms with van der Waals surface area (Å²) in [6.07, 6.45) is -21.5. The van der Waals surface area contributed by atoms with E-state index in [1.807, 2.05) is 0 Å². The molecule has 32 heteroatoms. The molecule has 79 heavy (non-hydrogen) atoms. The summed E-state index contributed by atoms with van der Waals surface area (Å²) in [6, 6.07) is 1.83. The van der Waals surface area contributed by atoms with Crippen LogP contribution in [0.5, 0.6) is 5.75 Å². The van der Waals surface area contributed by atoms with Crippen molar-refractivity contribution in [2.75, 3.05) is 44.4 Å². The number of para-hydroxylation sites is 1. The molecule has 7 rings (SSSR count). The lowest BCUT2D eigenvalue weighted by atomic mass is 9.97. The summed E-state index contributed by atoms with van der Waals surface area (Å²) in [5, 5.41) is 145. The largest absolute Gasteiger partial charge is 0.462 e. The Labute approximate surface area is 449 Å². The van der Waals surface area contributed by atoms with E-state index in [0.717, 1.165) is 4.90 Å². The molecule has 5 aliphatic heterocycles. The molecule has 0 saturated carbocycles. The number of benzene rings is 2. The summed E-state index contributed by atoms with van der Waals surface area (Å²) in [5.41, 5.74) is 0.429. The fourth-order valence-electron chi connectivity index (χ4n) is 9.33. The molecule has 0 aliphatic carbocycles. The van der Waals surface area contributed by atoms with Crippen molar-refractivity contribution in [1.82, 2.24) is 47.9 Å². The second-order valence-corrected chi connectivity index (χ2v) is 19.2. The Hall–Kier alpha value is -6.92. The lowest BCUT2D eigenvalue weighted by molar-refractivity contribution is -0.352. The molecule has 5 saturated heterocycles. The summed E-state index contributed by atoms with van der Waals surface area (Å²) < 4.78 is 22.5. The van der Waals surface area contributed by atoms with Gasteiger partial charge in [-0.3, -0.25) is 44.5 Å². The number of carbonyl (C=O) groups excluding carboxylic acids is 6. The Morgan fingerprint density at radius 3 is 1.70 bits per heavy atom. The Morgan fingerprint density at radius 1 is 0.595 bits per heavy atom. The lowest BCUT2D eigenvalue weighted by Crippen LogP contribution is -2.67. The quantitative estimate of drug-likeness (QED) is 0.0835. The van der Waals surface area contributed by atoms with E-state index in [0.29, 0.717) is 0 Å². The van der Waals surface area contributed by atoms with Gasteiger partial charge < -0.3 is 118 Å². The third-order valence-corrected chi connectivity index (χ3v) is 13.8. The van der Waals surface area contributed by atoms with Crippen molar-refractivity contribution in [3.8, 4) is 5.75 Å². The highest BCUT2D eigenvalue weighted by atomic mass is 16.7. The number of rotatable bonds is 14. The normalized spacial score (nSPS) is 35.1. The van der Waals surface area contributed by atoms with Gasteiger partial charge in [-0.05, 0) is 36.8 Å². The molecule has 5 fully saturated rings.